The average molecular weight is 436 g/mol. The summed E-state index contributed by atoms with van der Waals surface area (Å²) in [5.74, 6) is 1.11. The summed E-state index contributed by atoms with van der Waals surface area (Å²) >= 11 is 1.60. The van der Waals surface area contributed by atoms with E-state index in [0.717, 1.165) is 47.3 Å². The number of aliphatic carboxylic acids is 1. The summed E-state index contributed by atoms with van der Waals surface area (Å²) in [7, 11) is 0. The van der Waals surface area contributed by atoms with Crippen LogP contribution in [0.25, 0.3) is 0 Å². The largest absolute Gasteiger partial charge is 0.507 e. The maximum Gasteiger partial charge on any atom is 0.326 e. The van der Waals surface area contributed by atoms with Crippen molar-refractivity contribution in [3.63, 3.8) is 0 Å². The first-order valence-corrected chi connectivity index (χ1v) is 11.8. The molecule has 0 saturated carbocycles. The molecule has 2 unspecified atom stereocenters. The summed E-state index contributed by atoms with van der Waals surface area (Å²) in [6.07, 6.45) is 3.01. The molecule has 2 aliphatic heterocycles. The van der Waals surface area contributed by atoms with Crippen LogP contribution in [0.15, 0.2) is 0 Å². The van der Waals surface area contributed by atoms with E-state index in [2.05, 4.69) is 13.8 Å². The Bertz CT molecular complexity index is 851. The van der Waals surface area contributed by atoms with Crippen molar-refractivity contribution in [1.82, 2.24) is 4.90 Å². The van der Waals surface area contributed by atoms with Gasteiger partial charge in [0.25, 0.3) is 0 Å². The fraction of sp³-hybridized carbons (Fsp3) is 0.652. The second-order valence-corrected chi connectivity index (χ2v) is 10.2. The van der Waals surface area contributed by atoms with Crippen molar-refractivity contribution in [1.29, 1.82) is 0 Å². The lowest BCUT2D eigenvalue weighted by Crippen LogP contribution is -2.43. The third kappa shape index (κ3) is 4.41. The Kier molecular flexibility index (Phi) is 6.60. The van der Waals surface area contributed by atoms with Gasteiger partial charge < -0.3 is 19.8 Å². The molecular formula is C23H33NO5S. The lowest BCUT2D eigenvalue weighted by Gasteiger charge is -2.35. The van der Waals surface area contributed by atoms with Gasteiger partial charge >= 0.3 is 5.97 Å². The van der Waals surface area contributed by atoms with Crippen LogP contribution in [0.4, 0.5) is 0 Å². The van der Waals surface area contributed by atoms with Crippen LogP contribution in [0, 0.1) is 19.8 Å². The third-order valence-electron chi connectivity index (χ3n) is 6.39. The highest BCUT2D eigenvalue weighted by atomic mass is 32.2. The molecule has 2 heterocycles. The maximum atomic E-state index is 12.8. The van der Waals surface area contributed by atoms with Crippen LogP contribution in [-0.4, -0.2) is 50.9 Å². The summed E-state index contributed by atoms with van der Waals surface area (Å²) < 4.78 is 6.26. The SMILES string of the molecule is Cc1c(C)c2c(c(CSCC(C)C(=O)N3CCCC3C(=O)O)c1O)CCC(C)(C)O2. The van der Waals surface area contributed by atoms with Crippen molar-refractivity contribution in [2.75, 3.05) is 12.3 Å². The van der Waals surface area contributed by atoms with Crippen LogP contribution >= 0.6 is 11.8 Å². The molecule has 1 aromatic carbocycles. The quantitative estimate of drug-likeness (QED) is 0.701. The summed E-state index contributed by atoms with van der Waals surface area (Å²) in [5, 5.41) is 20.1. The Labute approximate surface area is 183 Å². The van der Waals surface area contributed by atoms with Gasteiger partial charge in [0.1, 0.15) is 23.1 Å². The molecule has 0 bridgehead atoms. The number of fused-ring (bicyclic) bond motifs is 1. The van der Waals surface area contributed by atoms with E-state index in [1.807, 2.05) is 20.8 Å². The number of hydrogen-bond acceptors (Lipinski definition) is 5. The number of carboxylic acids is 1. The van der Waals surface area contributed by atoms with Crippen LogP contribution in [0.3, 0.4) is 0 Å². The normalized spacial score (nSPS) is 21.1. The minimum atomic E-state index is -0.921. The molecule has 2 atom stereocenters. The van der Waals surface area contributed by atoms with Gasteiger partial charge in [0.2, 0.25) is 5.91 Å². The molecule has 30 heavy (non-hydrogen) atoms. The smallest absolute Gasteiger partial charge is 0.326 e. The Morgan fingerprint density at radius 1 is 1.30 bits per heavy atom. The first-order chi connectivity index (χ1) is 14.0. The van der Waals surface area contributed by atoms with Crippen LogP contribution in [0.5, 0.6) is 11.5 Å². The molecule has 3 rings (SSSR count). The molecule has 1 aromatic rings. The second-order valence-electron chi connectivity index (χ2n) is 9.19. The maximum absolute atomic E-state index is 12.8. The third-order valence-corrected chi connectivity index (χ3v) is 7.62. The molecular weight excluding hydrogens is 402 g/mol. The van der Waals surface area contributed by atoms with Crippen molar-refractivity contribution in [2.24, 2.45) is 5.92 Å². The number of amides is 1. The van der Waals surface area contributed by atoms with Gasteiger partial charge in [0.15, 0.2) is 0 Å². The van der Waals surface area contributed by atoms with Gasteiger partial charge in [-0.1, -0.05) is 6.92 Å². The number of thioether (sulfide) groups is 1. The molecule has 166 valence electrons. The number of rotatable bonds is 6. The molecule has 0 aromatic heterocycles. The zero-order valence-electron chi connectivity index (χ0n) is 18.6. The van der Waals surface area contributed by atoms with E-state index in [4.69, 9.17) is 4.74 Å². The molecule has 0 spiro atoms. The molecule has 6 nitrogen and oxygen atoms in total. The first-order valence-electron chi connectivity index (χ1n) is 10.7. The predicted molar refractivity (Wildman–Crippen MR) is 118 cm³/mol. The fourth-order valence-electron chi connectivity index (χ4n) is 4.37. The monoisotopic (exact) mass is 435 g/mol. The first kappa shape index (κ1) is 22.8. The minimum absolute atomic E-state index is 0.0937. The minimum Gasteiger partial charge on any atom is -0.507 e. The number of carboxylic acid groups (broad SMARTS) is 1. The van der Waals surface area contributed by atoms with E-state index >= 15 is 0 Å². The Morgan fingerprint density at radius 3 is 2.67 bits per heavy atom. The number of benzene rings is 1. The number of phenolic OH excluding ortho intramolecular Hbond substituents is 1. The number of aromatic hydroxyl groups is 1. The fourth-order valence-corrected chi connectivity index (χ4v) is 5.50. The van der Waals surface area contributed by atoms with Crippen LogP contribution in [-0.2, 0) is 21.8 Å². The highest BCUT2D eigenvalue weighted by Crippen LogP contribution is 2.44. The van der Waals surface area contributed by atoms with Gasteiger partial charge in [0, 0.05) is 35.1 Å². The average Bonchev–Trinajstić information content (AvgIpc) is 3.18. The molecule has 0 aliphatic carbocycles. The lowest BCUT2D eigenvalue weighted by atomic mass is 9.88. The topological polar surface area (TPSA) is 87.1 Å². The number of ether oxygens (including phenoxy) is 1. The summed E-state index contributed by atoms with van der Waals surface area (Å²) in [6, 6.07) is -0.693. The zero-order chi connectivity index (χ0) is 22.2. The predicted octanol–water partition coefficient (Wildman–Crippen LogP) is 4.06. The van der Waals surface area contributed by atoms with E-state index in [0.29, 0.717) is 30.2 Å². The summed E-state index contributed by atoms with van der Waals surface area (Å²) in [6.45, 7) is 10.4. The molecule has 2 N–H and O–H groups in total. The van der Waals surface area contributed by atoms with E-state index < -0.39 is 12.0 Å². The summed E-state index contributed by atoms with van der Waals surface area (Å²) in [4.78, 5) is 25.6. The Balaban J connectivity index is 1.70. The van der Waals surface area contributed by atoms with Crippen molar-refractivity contribution in [3.8, 4) is 11.5 Å². The number of likely N-dealkylation sites (tertiary alicyclic amines) is 1. The van der Waals surface area contributed by atoms with E-state index in [1.54, 1.807) is 11.8 Å². The Hall–Kier alpha value is -1.89. The molecule has 7 heteroatoms. The highest BCUT2D eigenvalue weighted by molar-refractivity contribution is 7.98. The number of nitrogens with zero attached hydrogens (tertiary/aromatic N) is 1. The lowest BCUT2D eigenvalue weighted by molar-refractivity contribution is -0.149. The Morgan fingerprint density at radius 2 is 2.00 bits per heavy atom. The number of hydrogen-bond donors (Lipinski definition) is 2. The standard InChI is InChI=1S/C23H33NO5S/c1-13(21(26)24-10-6-7-18(24)22(27)28)11-30-12-17-16-8-9-23(4,5)29-20(16)15(3)14(2)19(17)25/h13,18,25H,6-12H2,1-5H3,(H,27,28). The second kappa shape index (κ2) is 8.69. The van der Waals surface area contributed by atoms with Gasteiger partial charge in [-0.25, -0.2) is 4.79 Å². The van der Waals surface area contributed by atoms with Crippen LogP contribution < -0.4 is 4.74 Å². The van der Waals surface area contributed by atoms with Crippen molar-refractivity contribution in [2.45, 2.75) is 77.7 Å². The van der Waals surface area contributed by atoms with E-state index in [1.165, 1.54) is 4.90 Å². The van der Waals surface area contributed by atoms with Gasteiger partial charge in [-0.3, -0.25) is 4.79 Å². The number of phenols is 1. The molecule has 2 aliphatic rings. The van der Waals surface area contributed by atoms with Crippen molar-refractivity contribution in [3.05, 3.63) is 22.3 Å². The molecule has 1 fully saturated rings. The van der Waals surface area contributed by atoms with Crippen molar-refractivity contribution < 1.29 is 24.5 Å². The zero-order valence-corrected chi connectivity index (χ0v) is 19.4. The van der Waals surface area contributed by atoms with Crippen LogP contribution in [0.1, 0.15) is 62.3 Å². The number of carbonyl (C=O) groups is 2. The highest BCUT2D eigenvalue weighted by Gasteiger charge is 2.36. The van der Waals surface area contributed by atoms with Crippen LogP contribution in [0.2, 0.25) is 0 Å². The molecule has 1 amide bonds. The summed E-state index contributed by atoms with van der Waals surface area (Å²) in [5.41, 5.74) is 3.58. The van der Waals surface area contributed by atoms with Gasteiger partial charge in [-0.05, 0) is 64.5 Å². The van der Waals surface area contributed by atoms with Crippen molar-refractivity contribution >= 4 is 23.6 Å². The molecule has 1 saturated heterocycles. The van der Waals surface area contributed by atoms with Gasteiger partial charge in [0.05, 0.1) is 0 Å². The molecule has 0 radical (unpaired) electrons. The van der Waals surface area contributed by atoms with E-state index in [-0.39, 0.29) is 17.4 Å². The van der Waals surface area contributed by atoms with E-state index in [9.17, 15) is 19.8 Å². The number of carbonyl (C=O) groups excluding carboxylic acids is 1. The van der Waals surface area contributed by atoms with Gasteiger partial charge in [-0.15, -0.1) is 0 Å². The van der Waals surface area contributed by atoms with Gasteiger partial charge in [-0.2, -0.15) is 11.8 Å².